The van der Waals surface area contributed by atoms with Crippen LogP contribution in [0.3, 0.4) is 0 Å². The lowest BCUT2D eigenvalue weighted by molar-refractivity contribution is -0.131. The molecule has 1 unspecified atom stereocenters. The molecule has 1 aliphatic heterocycles. The molecule has 21 heavy (non-hydrogen) atoms. The second-order valence-electron chi connectivity index (χ2n) is 5.80. The molecule has 2 heterocycles. The summed E-state index contributed by atoms with van der Waals surface area (Å²) in [5.41, 5.74) is 2.14. The van der Waals surface area contributed by atoms with Gasteiger partial charge in [0.15, 0.2) is 0 Å². The van der Waals surface area contributed by atoms with Crippen LogP contribution in [0.4, 0.5) is 0 Å². The fourth-order valence-corrected chi connectivity index (χ4v) is 2.93. The Kier molecular flexibility index (Phi) is 4.25. The first kappa shape index (κ1) is 14.1. The van der Waals surface area contributed by atoms with Crippen LogP contribution in [-0.4, -0.2) is 42.1 Å². The number of hydrogen-bond donors (Lipinski definition) is 1. The van der Waals surface area contributed by atoms with Gasteiger partial charge in [0, 0.05) is 37.3 Å². The smallest absolute Gasteiger partial charge is 0.226 e. The molecule has 4 nitrogen and oxygen atoms in total. The van der Waals surface area contributed by atoms with Crippen LogP contribution in [0.1, 0.15) is 24.8 Å². The third kappa shape index (κ3) is 3.27. The molecule has 1 aliphatic rings. The van der Waals surface area contributed by atoms with Gasteiger partial charge in [-0.2, -0.15) is 0 Å². The SMILES string of the molecule is CN(CC1CCCCO1)C(=O)Cc1c[nH]c2ccccc12. The van der Waals surface area contributed by atoms with E-state index in [0.29, 0.717) is 13.0 Å². The minimum absolute atomic E-state index is 0.147. The standard InChI is InChI=1S/C17H22N2O2/c1-19(12-14-6-4-5-9-21-14)17(20)10-13-11-18-16-8-3-2-7-15(13)16/h2-3,7-8,11,14,18H,4-6,9-10,12H2,1H3. The summed E-state index contributed by atoms with van der Waals surface area (Å²) in [7, 11) is 1.87. The third-order valence-corrected chi connectivity index (χ3v) is 4.19. The van der Waals surface area contributed by atoms with Crippen LogP contribution in [0.15, 0.2) is 30.5 Å². The van der Waals surface area contributed by atoms with Gasteiger partial charge in [-0.05, 0) is 30.9 Å². The van der Waals surface area contributed by atoms with Crippen LogP contribution in [0.25, 0.3) is 10.9 Å². The number of rotatable bonds is 4. The van der Waals surface area contributed by atoms with Gasteiger partial charge in [-0.1, -0.05) is 18.2 Å². The zero-order valence-corrected chi connectivity index (χ0v) is 12.5. The molecule has 0 bridgehead atoms. The van der Waals surface area contributed by atoms with E-state index in [9.17, 15) is 4.79 Å². The van der Waals surface area contributed by atoms with Gasteiger partial charge in [0.25, 0.3) is 0 Å². The van der Waals surface area contributed by atoms with Gasteiger partial charge in [-0.25, -0.2) is 0 Å². The summed E-state index contributed by atoms with van der Waals surface area (Å²) < 4.78 is 5.70. The van der Waals surface area contributed by atoms with Crippen LogP contribution < -0.4 is 0 Å². The Morgan fingerprint density at radius 3 is 3.05 bits per heavy atom. The van der Waals surface area contributed by atoms with Crippen molar-refractivity contribution in [3.63, 3.8) is 0 Å². The number of ether oxygens (including phenoxy) is 1. The molecule has 0 spiro atoms. The molecule has 3 rings (SSSR count). The lowest BCUT2D eigenvalue weighted by Gasteiger charge is -2.27. The number of aromatic amines is 1. The normalized spacial score (nSPS) is 18.8. The molecule has 1 atom stereocenters. The molecule has 4 heteroatoms. The molecule has 0 saturated carbocycles. The lowest BCUT2D eigenvalue weighted by Crippen LogP contribution is -2.37. The maximum atomic E-state index is 12.4. The Morgan fingerprint density at radius 2 is 2.24 bits per heavy atom. The number of para-hydroxylation sites is 1. The Hall–Kier alpha value is -1.81. The predicted molar refractivity (Wildman–Crippen MR) is 83.2 cm³/mol. The Morgan fingerprint density at radius 1 is 1.38 bits per heavy atom. The van der Waals surface area contributed by atoms with Gasteiger partial charge < -0.3 is 14.6 Å². The largest absolute Gasteiger partial charge is 0.376 e. The Balaban J connectivity index is 1.62. The van der Waals surface area contributed by atoms with Crippen molar-refractivity contribution < 1.29 is 9.53 Å². The second-order valence-corrected chi connectivity index (χ2v) is 5.80. The number of fused-ring (bicyclic) bond motifs is 1. The van der Waals surface area contributed by atoms with Crippen molar-refractivity contribution in [2.75, 3.05) is 20.2 Å². The molecule has 112 valence electrons. The van der Waals surface area contributed by atoms with E-state index in [-0.39, 0.29) is 12.0 Å². The summed E-state index contributed by atoms with van der Waals surface area (Å²) in [5.74, 6) is 0.147. The fraction of sp³-hybridized carbons (Fsp3) is 0.471. The van der Waals surface area contributed by atoms with Gasteiger partial charge in [0.05, 0.1) is 12.5 Å². The number of amides is 1. The first-order valence-corrected chi connectivity index (χ1v) is 7.64. The van der Waals surface area contributed by atoms with Gasteiger partial charge in [0.1, 0.15) is 0 Å². The number of nitrogens with zero attached hydrogens (tertiary/aromatic N) is 1. The predicted octanol–water partition coefficient (Wildman–Crippen LogP) is 2.74. The summed E-state index contributed by atoms with van der Waals surface area (Å²) in [5, 5.41) is 1.13. The number of carbonyl (C=O) groups is 1. The quantitative estimate of drug-likeness (QED) is 0.939. The van der Waals surface area contributed by atoms with Crippen LogP contribution in [-0.2, 0) is 16.0 Å². The topological polar surface area (TPSA) is 45.3 Å². The average Bonchev–Trinajstić information content (AvgIpc) is 2.91. The average molecular weight is 286 g/mol. The summed E-state index contributed by atoms with van der Waals surface area (Å²) in [6.45, 7) is 1.52. The summed E-state index contributed by atoms with van der Waals surface area (Å²) in [4.78, 5) is 17.4. The highest BCUT2D eigenvalue weighted by molar-refractivity contribution is 5.88. The van der Waals surface area contributed by atoms with E-state index in [1.807, 2.05) is 31.4 Å². The first-order valence-electron chi connectivity index (χ1n) is 7.64. The Labute approximate surface area is 125 Å². The van der Waals surface area contributed by atoms with Crippen LogP contribution in [0, 0.1) is 0 Å². The molecule has 1 aromatic carbocycles. The molecule has 0 radical (unpaired) electrons. The van der Waals surface area contributed by atoms with Crippen LogP contribution in [0.2, 0.25) is 0 Å². The zero-order valence-electron chi connectivity index (χ0n) is 12.5. The number of H-pyrrole nitrogens is 1. The number of aromatic nitrogens is 1. The second kappa shape index (κ2) is 6.31. The number of likely N-dealkylation sites (N-methyl/N-ethyl adjacent to an activating group) is 1. The van der Waals surface area contributed by atoms with Gasteiger partial charge in [-0.15, -0.1) is 0 Å². The highest BCUT2D eigenvalue weighted by Gasteiger charge is 2.19. The molecular weight excluding hydrogens is 264 g/mol. The number of nitrogens with one attached hydrogen (secondary N) is 1. The lowest BCUT2D eigenvalue weighted by atomic mass is 10.1. The maximum Gasteiger partial charge on any atom is 0.226 e. The number of hydrogen-bond acceptors (Lipinski definition) is 2. The summed E-state index contributed by atoms with van der Waals surface area (Å²) in [6, 6.07) is 8.09. The van der Waals surface area contributed by atoms with Crippen molar-refractivity contribution in [2.24, 2.45) is 0 Å². The maximum absolute atomic E-state index is 12.4. The van der Waals surface area contributed by atoms with Crippen molar-refractivity contribution in [3.8, 4) is 0 Å². The van der Waals surface area contributed by atoms with Crippen molar-refractivity contribution in [1.82, 2.24) is 9.88 Å². The van der Waals surface area contributed by atoms with Crippen LogP contribution >= 0.6 is 0 Å². The van der Waals surface area contributed by atoms with Crippen molar-refractivity contribution in [1.29, 1.82) is 0 Å². The monoisotopic (exact) mass is 286 g/mol. The molecule has 1 fully saturated rings. The van der Waals surface area contributed by atoms with E-state index < -0.39 is 0 Å². The van der Waals surface area contributed by atoms with Crippen molar-refractivity contribution >= 4 is 16.8 Å². The summed E-state index contributed by atoms with van der Waals surface area (Å²) >= 11 is 0. The molecular formula is C17H22N2O2. The van der Waals surface area contributed by atoms with E-state index >= 15 is 0 Å². The third-order valence-electron chi connectivity index (χ3n) is 4.19. The summed E-state index contributed by atoms with van der Waals surface area (Å²) in [6.07, 6.45) is 5.99. The molecule has 2 aromatic rings. The molecule has 1 saturated heterocycles. The fourth-order valence-electron chi connectivity index (χ4n) is 2.93. The highest BCUT2D eigenvalue weighted by Crippen LogP contribution is 2.19. The zero-order chi connectivity index (χ0) is 14.7. The first-order chi connectivity index (χ1) is 10.2. The minimum atomic E-state index is 0.147. The van der Waals surface area contributed by atoms with Crippen molar-refractivity contribution in [2.45, 2.75) is 31.8 Å². The minimum Gasteiger partial charge on any atom is -0.376 e. The van der Waals surface area contributed by atoms with Gasteiger partial charge >= 0.3 is 0 Å². The van der Waals surface area contributed by atoms with Gasteiger partial charge in [-0.3, -0.25) is 4.79 Å². The number of benzene rings is 1. The highest BCUT2D eigenvalue weighted by atomic mass is 16.5. The molecule has 1 N–H and O–H groups in total. The molecule has 1 aromatic heterocycles. The van der Waals surface area contributed by atoms with Gasteiger partial charge in [0.2, 0.25) is 5.91 Å². The molecule has 0 aliphatic carbocycles. The van der Waals surface area contributed by atoms with E-state index in [1.165, 1.54) is 6.42 Å². The Bertz CT molecular complexity index is 614. The number of carbonyl (C=O) groups excluding carboxylic acids is 1. The molecule has 1 amide bonds. The van der Waals surface area contributed by atoms with E-state index in [1.54, 1.807) is 4.90 Å². The van der Waals surface area contributed by atoms with E-state index in [4.69, 9.17) is 4.74 Å². The van der Waals surface area contributed by atoms with E-state index in [2.05, 4.69) is 11.1 Å². The van der Waals surface area contributed by atoms with Crippen molar-refractivity contribution in [3.05, 3.63) is 36.0 Å². The van der Waals surface area contributed by atoms with Crippen LogP contribution in [0.5, 0.6) is 0 Å². The van der Waals surface area contributed by atoms with E-state index in [0.717, 1.165) is 35.9 Å².